The minimum atomic E-state index is -4.47. The Labute approximate surface area is 104 Å². The average Bonchev–Trinajstić information content (AvgIpc) is 2.27. The van der Waals surface area contributed by atoms with Crippen molar-refractivity contribution in [3.8, 4) is 5.88 Å². The Morgan fingerprint density at radius 2 is 2.00 bits per heavy atom. The summed E-state index contributed by atoms with van der Waals surface area (Å²) in [5, 5.41) is 9.62. The highest BCUT2D eigenvalue weighted by Crippen LogP contribution is 2.27. The highest BCUT2D eigenvalue weighted by atomic mass is 19.4. The van der Waals surface area contributed by atoms with Crippen molar-refractivity contribution in [3.05, 3.63) is 17.8 Å². The van der Waals surface area contributed by atoms with Gasteiger partial charge in [-0.05, 0) is 19.0 Å². The number of nitrogens with one attached hydrogen (secondary N) is 1. The molecule has 1 heterocycles. The molecule has 0 saturated carbocycles. The maximum absolute atomic E-state index is 12.2. The lowest BCUT2D eigenvalue weighted by Crippen LogP contribution is -2.24. The fourth-order valence-corrected chi connectivity index (χ4v) is 1.19. The monoisotopic (exact) mass is 263 g/mol. The molecule has 18 heavy (non-hydrogen) atoms. The number of nitrogens with zero attached hydrogens (tertiary/aromatic N) is 2. The van der Waals surface area contributed by atoms with Gasteiger partial charge in [0.1, 0.15) is 0 Å². The second-order valence-corrected chi connectivity index (χ2v) is 4.07. The number of halogens is 3. The first-order valence-electron chi connectivity index (χ1n) is 5.66. The zero-order chi connectivity index (χ0) is 13.6. The molecule has 102 valence electrons. The second kappa shape index (κ2) is 6.53. The van der Waals surface area contributed by atoms with E-state index in [0.717, 1.165) is 19.0 Å². The van der Waals surface area contributed by atoms with Crippen molar-refractivity contribution >= 4 is 0 Å². The van der Waals surface area contributed by atoms with E-state index in [2.05, 4.69) is 15.5 Å². The molecular weight excluding hydrogens is 247 g/mol. The molecular formula is C11H16F3N3O. The molecule has 0 amide bonds. The summed E-state index contributed by atoms with van der Waals surface area (Å²) in [5.41, 5.74) is -1.02. The lowest BCUT2D eigenvalue weighted by Gasteiger charge is -2.09. The third-order valence-electron chi connectivity index (χ3n) is 2.05. The molecule has 0 bridgehead atoms. The van der Waals surface area contributed by atoms with Crippen LogP contribution in [0.4, 0.5) is 13.2 Å². The van der Waals surface area contributed by atoms with Gasteiger partial charge in [-0.25, -0.2) is 0 Å². The highest BCUT2D eigenvalue weighted by molar-refractivity contribution is 5.13. The van der Waals surface area contributed by atoms with Crippen LogP contribution in [0.25, 0.3) is 0 Å². The molecule has 4 nitrogen and oxygen atoms in total. The molecule has 1 aromatic heterocycles. The molecule has 0 unspecified atom stereocenters. The quantitative estimate of drug-likeness (QED) is 0.800. The Hall–Kier alpha value is -1.37. The Bertz CT molecular complexity index is 352. The summed E-state index contributed by atoms with van der Waals surface area (Å²) in [7, 11) is 0. The van der Waals surface area contributed by atoms with Gasteiger partial charge in [0.15, 0.2) is 5.69 Å². The fraction of sp³-hybridized carbons (Fsp3) is 0.636. The van der Waals surface area contributed by atoms with Crippen molar-refractivity contribution in [2.24, 2.45) is 0 Å². The maximum atomic E-state index is 12.2. The molecule has 0 aliphatic heterocycles. The van der Waals surface area contributed by atoms with Gasteiger partial charge in [-0.3, -0.25) is 0 Å². The molecule has 1 rings (SSSR count). The number of alkyl halides is 3. The van der Waals surface area contributed by atoms with E-state index in [4.69, 9.17) is 4.74 Å². The number of ether oxygens (including phenoxy) is 1. The Morgan fingerprint density at radius 1 is 1.28 bits per heavy atom. The van der Waals surface area contributed by atoms with Crippen molar-refractivity contribution in [2.45, 2.75) is 32.5 Å². The topological polar surface area (TPSA) is 47.0 Å². The Kier molecular flexibility index (Phi) is 5.33. The number of aromatic nitrogens is 2. The number of hydrogen-bond donors (Lipinski definition) is 1. The van der Waals surface area contributed by atoms with Crippen molar-refractivity contribution < 1.29 is 17.9 Å². The molecule has 0 aliphatic rings. The van der Waals surface area contributed by atoms with Gasteiger partial charge >= 0.3 is 6.18 Å². The number of hydrogen-bond acceptors (Lipinski definition) is 4. The minimum Gasteiger partial charge on any atom is -0.477 e. The van der Waals surface area contributed by atoms with Crippen LogP contribution >= 0.6 is 0 Å². The van der Waals surface area contributed by atoms with E-state index in [0.29, 0.717) is 12.6 Å². The third kappa shape index (κ3) is 5.31. The van der Waals surface area contributed by atoms with Crippen LogP contribution in [0, 0.1) is 0 Å². The highest BCUT2D eigenvalue weighted by Gasteiger charge is 2.32. The Balaban J connectivity index is 2.31. The molecule has 0 spiro atoms. The van der Waals surface area contributed by atoms with E-state index in [9.17, 15) is 13.2 Å². The largest absolute Gasteiger partial charge is 0.477 e. The van der Waals surface area contributed by atoms with Gasteiger partial charge in [0.25, 0.3) is 0 Å². The van der Waals surface area contributed by atoms with Crippen LogP contribution in [-0.4, -0.2) is 29.4 Å². The summed E-state index contributed by atoms with van der Waals surface area (Å²) in [4.78, 5) is 0. The first kappa shape index (κ1) is 14.7. The van der Waals surface area contributed by atoms with Crippen LogP contribution in [0.5, 0.6) is 5.88 Å². The zero-order valence-corrected chi connectivity index (χ0v) is 10.3. The van der Waals surface area contributed by atoms with E-state index in [1.165, 1.54) is 6.07 Å². The van der Waals surface area contributed by atoms with E-state index >= 15 is 0 Å². The van der Waals surface area contributed by atoms with Crippen molar-refractivity contribution in [1.82, 2.24) is 15.5 Å². The first-order valence-corrected chi connectivity index (χ1v) is 5.66. The van der Waals surface area contributed by atoms with Crippen LogP contribution in [0.3, 0.4) is 0 Å². The number of rotatable bonds is 6. The molecule has 0 aromatic carbocycles. The molecule has 0 atom stereocenters. The summed E-state index contributed by atoms with van der Waals surface area (Å²) in [6, 6.07) is 2.43. The van der Waals surface area contributed by atoms with Crippen molar-refractivity contribution in [1.29, 1.82) is 0 Å². The van der Waals surface area contributed by atoms with E-state index in [-0.39, 0.29) is 5.88 Å². The second-order valence-electron chi connectivity index (χ2n) is 4.07. The van der Waals surface area contributed by atoms with E-state index in [1.807, 2.05) is 13.8 Å². The molecule has 7 heteroatoms. The summed E-state index contributed by atoms with van der Waals surface area (Å²) in [6.45, 7) is 5.23. The third-order valence-corrected chi connectivity index (χ3v) is 2.05. The van der Waals surface area contributed by atoms with Gasteiger partial charge in [0, 0.05) is 12.1 Å². The normalized spacial score (nSPS) is 11.9. The van der Waals surface area contributed by atoms with Gasteiger partial charge < -0.3 is 10.1 Å². The van der Waals surface area contributed by atoms with Crippen LogP contribution in [0.15, 0.2) is 12.1 Å². The molecule has 1 N–H and O–H groups in total. The Morgan fingerprint density at radius 3 is 2.50 bits per heavy atom. The van der Waals surface area contributed by atoms with Crippen LogP contribution < -0.4 is 10.1 Å². The van der Waals surface area contributed by atoms with Crippen molar-refractivity contribution in [3.63, 3.8) is 0 Å². The van der Waals surface area contributed by atoms with Gasteiger partial charge in [-0.1, -0.05) is 13.8 Å². The lowest BCUT2D eigenvalue weighted by atomic mass is 10.3. The summed E-state index contributed by atoms with van der Waals surface area (Å²) in [5.74, 6) is 0.104. The predicted octanol–water partition coefficient (Wildman–Crippen LogP) is 2.26. The summed E-state index contributed by atoms with van der Waals surface area (Å²) >= 11 is 0. The van der Waals surface area contributed by atoms with Gasteiger partial charge in [-0.15, -0.1) is 10.2 Å². The van der Waals surface area contributed by atoms with Crippen LogP contribution in [0.1, 0.15) is 26.0 Å². The smallest absolute Gasteiger partial charge is 0.435 e. The lowest BCUT2D eigenvalue weighted by molar-refractivity contribution is -0.141. The van der Waals surface area contributed by atoms with E-state index < -0.39 is 11.9 Å². The van der Waals surface area contributed by atoms with Gasteiger partial charge in [0.2, 0.25) is 5.88 Å². The fourth-order valence-electron chi connectivity index (χ4n) is 1.19. The SMILES string of the molecule is CC(C)NCCCOc1ccc(C(F)(F)F)nn1. The molecule has 1 aromatic rings. The van der Waals surface area contributed by atoms with Gasteiger partial charge in [0.05, 0.1) is 6.61 Å². The predicted molar refractivity (Wildman–Crippen MR) is 60.3 cm³/mol. The maximum Gasteiger partial charge on any atom is 0.435 e. The molecule has 0 radical (unpaired) electrons. The standard InChI is InChI=1S/C11H16F3N3O/c1-8(2)15-6-3-7-18-10-5-4-9(16-17-10)11(12,13)14/h4-5,8,15H,3,6-7H2,1-2H3. The molecule has 0 saturated heterocycles. The van der Waals surface area contributed by atoms with Crippen LogP contribution in [-0.2, 0) is 6.18 Å². The first-order chi connectivity index (χ1) is 8.39. The van der Waals surface area contributed by atoms with Crippen molar-refractivity contribution in [2.75, 3.05) is 13.2 Å². The molecule has 0 fully saturated rings. The molecule has 0 aliphatic carbocycles. The average molecular weight is 263 g/mol. The zero-order valence-electron chi connectivity index (χ0n) is 10.3. The minimum absolute atomic E-state index is 0.104. The summed E-state index contributed by atoms with van der Waals surface area (Å²) < 4.78 is 41.8. The van der Waals surface area contributed by atoms with Gasteiger partial charge in [-0.2, -0.15) is 13.2 Å². The van der Waals surface area contributed by atoms with Crippen LogP contribution in [0.2, 0.25) is 0 Å². The van der Waals surface area contributed by atoms with E-state index in [1.54, 1.807) is 0 Å². The summed E-state index contributed by atoms with van der Waals surface area (Å²) in [6.07, 6.45) is -3.71.